The second-order valence-electron chi connectivity index (χ2n) is 5.49. The minimum absolute atomic E-state index is 0. The van der Waals surface area contributed by atoms with Gasteiger partial charge in [-0.15, -0.1) is 24.0 Å². The first-order valence-corrected chi connectivity index (χ1v) is 7.32. The molecule has 2 N–H and O–H groups in total. The van der Waals surface area contributed by atoms with Gasteiger partial charge in [0, 0.05) is 13.1 Å². The first kappa shape index (κ1) is 17.3. The zero-order valence-corrected chi connectivity index (χ0v) is 14.8. The summed E-state index contributed by atoms with van der Waals surface area (Å²) in [4.78, 5) is 6.81. The number of guanidine groups is 1. The van der Waals surface area contributed by atoms with Gasteiger partial charge in [0.05, 0.1) is 6.54 Å². The molecule has 1 aliphatic heterocycles. The van der Waals surface area contributed by atoms with Crippen LogP contribution in [0.3, 0.4) is 0 Å². The van der Waals surface area contributed by atoms with E-state index in [0.717, 1.165) is 25.4 Å². The van der Waals surface area contributed by atoms with Gasteiger partial charge >= 0.3 is 0 Å². The normalized spacial score (nSPS) is 19.6. The molecular formula is C16H26IN3. The maximum Gasteiger partial charge on any atom is 0.191 e. The molecule has 1 aliphatic rings. The molecule has 112 valence electrons. The van der Waals surface area contributed by atoms with Crippen molar-refractivity contribution in [1.29, 1.82) is 0 Å². The number of benzene rings is 1. The molecule has 1 aromatic carbocycles. The summed E-state index contributed by atoms with van der Waals surface area (Å²) in [6.07, 6.45) is 3.58. The molecule has 0 spiro atoms. The Labute approximate surface area is 139 Å². The van der Waals surface area contributed by atoms with Gasteiger partial charge in [-0.25, -0.2) is 4.99 Å². The Morgan fingerprint density at radius 3 is 2.70 bits per heavy atom. The van der Waals surface area contributed by atoms with Crippen LogP contribution in [0.4, 0.5) is 0 Å². The second kappa shape index (κ2) is 8.49. The molecule has 1 atom stereocenters. The first-order chi connectivity index (χ1) is 9.20. The minimum Gasteiger partial charge on any atom is -0.370 e. The van der Waals surface area contributed by atoms with E-state index in [1.807, 2.05) is 0 Å². The Balaban J connectivity index is 0.00000200. The lowest BCUT2D eigenvalue weighted by molar-refractivity contribution is 0.270. The fraction of sp³-hybridized carbons (Fsp3) is 0.562. The first-order valence-electron chi connectivity index (χ1n) is 7.32. The molecule has 4 heteroatoms. The van der Waals surface area contributed by atoms with E-state index in [1.54, 1.807) is 0 Å². The highest BCUT2D eigenvalue weighted by Crippen LogP contribution is 2.15. The molecule has 3 nitrogen and oxygen atoms in total. The number of piperidine rings is 1. The van der Waals surface area contributed by atoms with Gasteiger partial charge in [-0.2, -0.15) is 0 Å². The van der Waals surface area contributed by atoms with Crippen LogP contribution in [-0.2, 0) is 13.0 Å². The molecule has 0 aliphatic carbocycles. The van der Waals surface area contributed by atoms with Crippen molar-refractivity contribution in [3.63, 3.8) is 0 Å². The lowest BCUT2D eigenvalue weighted by Crippen LogP contribution is -2.43. The number of rotatable bonds is 3. The van der Waals surface area contributed by atoms with Crippen LogP contribution in [0.1, 0.15) is 37.8 Å². The monoisotopic (exact) mass is 387 g/mol. The fourth-order valence-electron chi connectivity index (χ4n) is 2.72. The molecule has 0 aromatic heterocycles. The van der Waals surface area contributed by atoms with E-state index in [4.69, 9.17) is 5.73 Å². The highest BCUT2D eigenvalue weighted by molar-refractivity contribution is 14.0. The summed E-state index contributed by atoms with van der Waals surface area (Å²) >= 11 is 0. The van der Waals surface area contributed by atoms with Crippen molar-refractivity contribution >= 4 is 29.9 Å². The van der Waals surface area contributed by atoms with E-state index >= 15 is 0 Å². The average molecular weight is 387 g/mol. The molecule has 0 bridgehead atoms. The SMILES string of the molecule is CCc1ccccc1CN=C(N)N1CCCC(C)C1.I. The van der Waals surface area contributed by atoms with Crippen LogP contribution in [-0.4, -0.2) is 23.9 Å². The summed E-state index contributed by atoms with van der Waals surface area (Å²) in [6, 6.07) is 8.48. The smallest absolute Gasteiger partial charge is 0.191 e. The molecule has 0 amide bonds. The van der Waals surface area contributed by atoms with Gasteiger partial charge in [0.1, 0.15) is 0 Å². The third-order valence-electron chi connectivity index (χ3n) is 3.89. The van der Waals surface area contributed by atoms with Crippen molar-refractivity contribution < 1.29 is 0 Å². The molecular weight excluding hydrogens is 361 g/mol. The predicted octanol–water partition coefficient (Wildman–Crippen LogP) is 3.41. The molecule has 1 unspecified atom stereocenters. The van der Waals surface area contributed by atoms with Crippen LogP contribution >= 0.6 is 24.0 Å². The maximum atomic E-state index is 6.13. The van der Waals surface area contributed by atoms with Crippen LogP contribution in [0.25, 0.3) is 0 Å². The van der Waals surface area contributed by atoms with Gasteiger partial charge in [-0.05, 0) is 36.3 Å². The molecule has 0 radical (unpaired) electrons. The number of hydrogen-bond donors (Lipinski definition) is 1. The number of halogens is 1. The van der Waals surface area contributed by atoms with Crippen molar-refractivity contribution in [1.82, 2.24) is 4.90 Å². The van der Waals surface area contributed by atoms with Crippen molar-refractivity contribution in [3.8, 4) is 0 Å². The Hall–Kier alpha value is -0.780. The van der Waals surface area contributed by atoms with Crippen molar-refractivity contribution in [2.24, 2.45) is 16.6 Å². The zero-order chi connectivity index (χ0) is 13.7. The Kier molecular flexibility index (Phi) is 7.34. The molecule has 0 saturated carbocycles. The molecule has 1 aromatic rings. The Morgan fingerprint density at radius 2 is 2.05 bits per heavy atom. The van der Waals surface area contributed by atoms with Crippen LogP contribution in [0.2, 0.25) is 0 Å². The average Bonchev–Trinajstić information content (AvgIpc) is 2.45. The van der Waals surface area contributed by atoms with Gasteiger partial charge in [-0.1, -0.05) is 38.1 Å². The second-order valence-corrected chi connectivity index (χ2v) is 5.49. The van der Waals surface area contributed by atoms with E-state index in [-0.39, 0.29) is 24.0 Å². The minimum atomic E-state index is 0. The summed E-state index contributed by atoms with van der Waals surface area (Å²) in [5, 5.41) is 0. The van der Waals surface area contributed by atoms with Crippen LogP contribution in [0.5, 0.6) is 0 Å². The van der Waals surface area contributed by atoms with Gasteiger partial charge in [0.15, 0.2) is 5.96 Å². The molecule has 1 fully saturated rings. The van der Waals surface area contributed by atoms with Gasteiger partial charge in [-0.3, -0.25) is 0 Å². The predicted molar refractivity (Wildman–Crippen MR) is 96.5 cm³/mol. The number of hydrogen-bond acceptors (Lipinski definition) is 1. The van der Waals surface area contributed by atoms with Gasteiger partial charge in [0.2, 0.25) is 0 Å². The molecule has 20 heavy (non-hydrogen) atoms. The quantitative estimate of drug-likeness (QED) is 0.491. The number of nitrogens with two attached hydrogens (primary N) is 1. The fourth-order valence-corrected chi connectivity index (χ4v) is 2.72. The van der Waals surface area contributed by atoms with Crippen molar-refractivity contribution in [3.05, 3.63) is 35.4 Å². The van der Waals surface area contributed by atoms with Crippen LogP contribution in [0.15, 0.2) is 29.3 Å². The summed E-state index contributed by atoms with van der Waals surface area (Å²) in [5.41, 5.74) is 8.78. The van der Waals surface area contributed by atoms with E-state index < -0.39 is 0 Å². The summed E-state index contributed by atoms with van der Waals surface area (Å²) < 4.78 is 0. The summed E-state index contributed by atoms with van der Waals surface area (Å²) in [6.45, 7) is 7.25. The lowest BCUT2D eigenvalue weighted by atomic mass is 10.0. The number of aliphatic imine (C=N–C) groups is 1. The van der Waals surface area contributed by atoms with Crippen LogP contribution < -0.4 is 5.73 Å². The number of likely N-dealkylation sites (tertiary alicyclic amines) is 1. The Bertz CT molecular complexity index is 445. The van der Waals surface area contributed by atoms with E-state index in [9.17, 15) is 0 Å². The standard InChI is InChI=1S/C16H25N3.HI/c1-3-14-8-4-5-9-15(14)11-18-16(17)19-10-6-7-13(2)12-19;/h4-5,8-9,13H,3,6-7,10-12H2,1-2H3,(H2,17,18);1H. The van der Waals surface area contributed by atoms with E-state index in [0.29, 0.717) is 12.5 Å². The third-order valence-corrected chi connectivity index (χ3v) is 3.89. The van der Waals surface area contributed by atoms with Crippen molar-refractivity contribution in [2.45, 2.75) is 39.7 Å². The maximum absolute atomic E-state index is 6.13. The van der Waals surface area contributed by atoms with E-state index in [1.165, 1.54) is 24.0 Å². The lowest BCUT2D eigenvalue weighted by Gasteiger charge is -2.31. The van der Waals surface area contributed by atoms with Crippen LogP contribution in [0, 0.1) is 5.92 Å². The zero-order valence-electron chi connectivity index (χ0n) is 12.5. The summed E-state index contributed by atoms with van der Waals surface area (Å²) in [5.74, 6) is 1.43. The largest absolute Gasteiger partial charge is 0.370 e. The number of nitrogens with zero attached hydrogens (tertiary/aromatic N) is 2. The van der Waals surface area contributed by atoms with E-state index in [2.05, 4.69) is 48.0 Å². The topological polar surface area (TPSA) is 41.6 Å². The van der Waals surface area contributed by atoms with Gasteiger partial charge < -0.3 is 10.6 Å². The molecule has 2 rings (SSSR count). The van der Waals surface area contributed by atoms with Gasteiger partial charge in [0.25, 0.3) is 0 Å². The Morgan fingerprint density at radius 1 is 1.35 bits per heavy atom. The molecule has 1 saturated heterocycles. The summed E-state index contributed by atoms with van der Waals surface area (Å²) in [7, 11) is 0. The highest BCUT2D eigenvalue weighted by Gasteiger charge is 2.17. The highest BCUT2D eigenvalue weighted by atomic mass is 127. The number of aryl methyl sites for hydroxylation is 1. The molecule has 1 heterocycles. The van der Waals surface area contributed by atoms with Crippen molar-refractivity contribution in [2.75, 3.05) is 13.1 Å². The third kappa shape index (κ3) is 4.65.